The number of anilines is 1. The van der Waals surface area contributed by atoms with Crippen molar-refractivity contribution in [1.82, 2.24) is 0 Å². The van der Waals surface area contributed by atoms with Crippen LogP contribution in [0.5, 0.6) is 0 Å². The molecule has 2 heteroatoms. The molecule has 0 bridgehead atoms. The van der Waals surface area contributed by atoms with Crippen molar-refractivity contribution in [1.29, 1.82) is 0 Å². The minimum absolute atomic E-state index is 0.0164. The van der Waals surface area contributed by atoms with Crippen LogP contribution in [0.2, 0.25) is 0 Å². The Kier molecular flexibility index (Phi) is 3.75. The average molecular weight is 206 g/mol. The molecule has 0 aliphatic heterocycles. The van der Waals surface area contributed by atoms with Crippen molar-refractivity contribution in [2.45, 2.75) is 33.2 Å². The van der Waals surface area contributed by atoms with Gasteiger partial charge in [-0.05, 0) is 45.4 Å². The number of rotatable bonds is 4. The van der Waals surface area contributed by atoms with Crippen molar-refractivity contribution in [2.75, 3.05) is 18.0 Å². The number of likely N-dealkylation sites (N-methyl/N-ethyl adjacent to an activating group) is 1. The third kappa shape index (κ3) is 2.72. The summed E-state index contributed by atoms with van der Waals surface area (Å²) in [5.74, 6) is 0. The van der Waals surface area contributed by atoms with Crippen molar-refractivity contribution in [2.24, 2.45) is 5.73 Å². The van der Waals surface area contributed by atoms with Crippen LogP contribution in [-0.2, 0) is 0 Å². The molecule has 1 aromatic carbocycles. The number of nitrogens with two attached hydrogens (primary N) is 1. The highest BCUT2D eigenvalue weighted by Gasteiger charge is 2.23. The number of hydrogen-bond donors (Lipinski definition) is 1. The van der Waals surface area contributed by atoms with E-state index < -0.39 is 0 Å². The molecule has 0 aliphatic rings. The first-order chi connectivity index (χ1) is 7.01. The Balaban J connectivity index is 3.02. The lowest BCUT2D eigenvalue weighted by molar-refractivity contribution is 0.477. The van der Waals surface area contributed by atoms with Crippen LogP contribution >= 0.6 is 0 Å². The maximum atomic E-state index is 5.82. The summed E-state index contributed by atoms with van der Waals surface area (Å²) in [5.41, 5.74) is 8.38. The average Bonchev–Trinajstić information content (AvgIpc) is 2.18. The Hall–Kier alpha value is -1.02. The van der Waals surface area contributed by atoms with Crippen molar-refractivity contribution in [3.8, 4) is 0 Å². The van der Waals surface area contributed by atoms with Gasteiger partial charge < -0.3 is 10.6 Å². The Labute approximate surface area is 93.1 Å². The molecule has 0 radical (unpaired) electrons. The second kappa shape index (κ2) is 4.67. The van der Waals surface area contributed by atoms with Crippen molar-refractivity contribution >= 4 is 5.69 Å². The van der Waals surface area contributed by atoms with E-state index in [0.29, 0.717) is 6.54 Å². The third-order valence-corrected chi connectivity index (χ3v) is 2.86. The van der Waals surface area contributed by atoms with Gasteiger partial charge in [0, 0.05) is 24.3 Å². The fourth-order valence-corrected chi connectivity index (χ4v) is 1.87. The maximum Gasteiger partial charge on any atom is 0.0467 e. The van der Waals surface area contributed by atoms with Gasteiger partial charge in [-0.3, -0.25) is 0 Å². The fraction of sp³-hybridized carbons (Fsp3) is 0.538. The summed E-state index contributed by atoms with van der Waals surface area (Å²) in [6.45, 7) is 10.3. The van der Waals surface area contributed by atoms with Gasteiger partial charge in [0.15, 0.2) is 0 Å². The van der Waals surface area contributed by atoms with Gasteiger partial charge in [-0.15, -0.1) is 0 Å². The van der Waals surface area contributed by atoms with Crippen LogP contribution in [0.3, 0.4) is 0 Å². The zero-order chi connectivity index (χ0) is 11.5. The van der Waals surface area contributed by atoms with Gasteiger partial charge in [-0.2, -0.15) is 0 Å². The first kappa shape index (κ1) is 12.1. The largest absolute Gasteiger partial charge is 0.365 e. The smallest absolute Gasteiger partial charge is 0.0467 e. The lowest BCUT2D eigenvalue weighted by atomic mass is 10.0. The van der Waals surface area contributed by atoms with Crippen LogP contribution in [0.1, 0.15) is 26.3 Å². The number of nitrogens with zero attached hydrogens (tertiary/aromatic N) is 1. The molecule has 1 rings (SSSR count). The Morgan fingerprint density at radius 2 is 2.00 bits per heavy atom. The van der Waals surface area contributed by atoms with Crippen molar-refractivity contribution in [3.05, 3.63) is 29.8 Å². The summed E-state index contributed by atoms with van der Waals surface area (Å²) in [6, 6.07) is 8.57. The maximum absolute atomic E-state index is 5.82. The lowest BCUT2D eigenvalue weighted by Crippen LogP contribution is -2.49. The van der Waals surface area contributed by atoms with Crippen LogP contribution in [-0.4, -0.2) is 18.6 Å². The standard InChI is InChI=1S/C13H22N2/c1-5-15(13(3,4)10-14)12-8-6-7-11(2)9-12/h6-9H,5,10,14H2,1-4H3. The molecule has 0 unspecified atom stereocenters. The molecule has 2 N–H and O–H groups in total. The Morgan fingerprint density at radius 1 is 1.33 bits per heavy atom. The van der Waals surface area contributed by atoms with Gasteiger partial charge >= 0.3 is 0 Å². The topological polar surface area (TPSA) is 29.3 Å². The minimum atomic E-state index is 0.0164. The lowest BCUT2D eigenvalue weighted by Gasteiger charge is -2.39. The van der Waals surface area contributed by atoms with E-state index in [1.165, 1.54) is 11.3 Å². The molecule has 0 aliphatic carbocycles. The van der Waals surface area contributed by atoms with E-state index in [9.17, 15) is 0 Å². The van der Waals surface area contributed by atoms with Gasteiger partial charge in [0.25, 0.3) is 0 Å². The molecule has 84 valence electrons. The first-order valence-electron chi connectivity index (χ1n) is 5.55. The number of hydrogen-bond acceptors (Lipinski definition) is 2. The SMILES string of the molecule is CCN(c1cccc(C)c1)C(C)(C)CN. The molecule has 0 heterocycles. The molecule has 0 atom stereocenters. The van der Waals surface area contributed by atoms with Crippen molar-refractivity contribution in [3.63, 3.8) is 0 Å². The number of aryl methyl sites for hydroxylation is 1. The molecule has 2 nitrogen and oxygen atoms in total. The quantitative estimate of drug-likeness (QED) is 0.820. The van der Waals surface area contributed by atoms with Gasteiger partial charge in [0.05, 0.1) is 0 Å². The monoisotopic (exact) mass is 206 g/mol. The van der Waals surface area contributed by atoms with E-state index in [4.69, 9.17) is 5.73 Å². The second-order valence-corrected chi connectivity index (χ2v) is 4.60. The first-order valence-corrected chi connectivity index (χ1v) is 5.55. The molecule has 0 aromatic heterocycles. The summed E-state index contributed by atoms with van der Waals surface area (Å²) in [7, 11) is 0. The van der Waals surface area contributed by atoms with E-state index in [1.807, 2.05) is 0 Å². The molecular formula is C13H22N2. The number of benzene rings is 1. The highest BCUT2D eigenvalue weighted by molar-refractivity contribution is 5.50. The molecule has 0 saturated heterocycles. The Morgan fingerprint density at radius 3 is 2.47 bits per heavy atom. The zero-order valence-electron chi connectivity index (χ0n) is 10.2. The predicted octanol–water partition coefficient (Wildman–Crippen LogP) is 2.56. The van der Waals surface area contributed by atoms with E-state index in [1.54, 1.807) is 0 Å². The van der Waals surface area contributed by atoms with E-state index in [2.05, 4.69) is 56.9 Å². The summed E-state index contributed by atoms with van der Waals surface area (Å²) >= 11 is 0. The highest BCUT2D eigenvalue weighted by Crippen LogP contribution is 2.23. The van der Waals surface area contributed by atoms with Gasteiger partial charge in [0.1, 0.15) is 0 Å². The summed E-state index contributed by atoms with van der Waals surface area (Å²) < 4.78 is 0. The molecular weight excluding hydrogens is 184 g/mol. The molecule has 0 fully saturated rings. The van der Waals surface area contributed by atoms with E-state index in [-0.39, 0.29) is 5.54 Å². The summed E-state index contributed by atoms with van der Waals surface area (Å²) in [6.07, 6.45) is 0. The molecule has 0 spiro atoms. The van der Waals surface area contributed by atoms with E-state index in [0.717, 1.165) is 6.54 Å². The zero-order valence-corrected chi connectivity index (χ0v) is 10.2. The van der Waals surface area contributed by atoms with Gasteiger partial charge in [0.2, 0.25) is 0 Å². The minimum Gasteiger partial charge on any atom is -0.365 e. The fourth-order valence-electron chi connectivity index (χ4n) is 1.87. The van der Waals surface area contributed by atoms with Crippen LogP contribution in [0.4, 0.5) is 5.69 Å². The van der Waals surface area contributed by atoms with E-state index >= 15 is 0 Å². The molecule has 0 amide bonds. The Bertz CT molecular complexity index is 318. The third-order valence-electron chi connectivity index (χ3n) is 2.86. The second-order valence-electron chi connectivity index (χ2n) is 4.60. The van der Waals surface area contributed by atoms with Crippen LogP contribution in [0, 0.1) is 6.92 Å². The summed E-state index contributed by atoms with van der Waals surface area (Å²) in [5, 5.41) is 0. The van der Waals surface area contributed by atoms with Crippen molar-refractivity contribution < 1.29 is 0 Å². The summed E-state index contributed by atoms with van der Waals surface area (Å²) in [4.78, 5) is 2.35. The highest BCUT2D eigenvalue weighted by atomic mass is 15.2. The van der Waals surface area contributed by atoms with Crippen LogP contribution in [0.25, 0.3) is 0 Å². The van der Waals surface area contributed by atoms with Crippen LogP contribution in [0.15, 0.2) is 24.3 Å². The van der Waals surface area contributed by atoms with Gasteiger partial charge in [-0.25, -0.2) is 0 Å². The molecule has 15 heavy (non-hydrogen) atoms. The van der Waals surface area contributed by atoms with Gasteiger partial charge in [-0.1, -0.05) is 12.1 Å². The molecule has 0 saturated carbocycles. The predicted molar refractivity (Wildman–Crippen MR) is 67.3 cm³/mol. The van der Waals surface area contributed by atoms with Crippen LogP contribution < -0.4 is 10.6 Å². The normalized spacial score (nSPS) is 11.5. The molecule has 1 aromatic rings.